The van der Waals surface area contributed by atoms with Crippen molar-refractivity contribution in [1.82, 2.24) is 10.3 Å². The van der Waals surface area contributed by atoms with Crippen LogP contribution in [0.3, 0.4) is 0 Å². The molecule has 1 saturated heterocycles. The van der Waals surface area contributed by atoms with Crippen LogP contribution in [0.15, 0.2) is 22.9 Å². The van der Waals surface area contributed by atoms with E-state index in [-0.39, 0.29) is 12.6 Å². The van der Waals surface area contributed by atoms with Crippen molar-refractivity contribution in [2.75, 3.05) is 26.8 Å². The van der Waals surface area contributed by atoms with Gasteiger partial charge in [0.15, 0.2) is 0 Å². The second kappa shape index (κ2) is 5.12. The van der Waals surface area contributed by atoms with Gasteiger partial charge in [-0.1, -0.05) is 6.07 Å². The van der Waals surface area contributed by atoms with E-state index in [1.165, 1.54) is 7.11 Å². The Labute approximate surface area is 108 Å². The fraction of sp³-hybridized carbons (Fsp3) is 0.455. The molecule has 0 amide bonds. The maximum atomic E-state index is 11.1. The lowest BCUT2D eigenvalue weighted by Crippen LogP contribution is -2.59. The summed E-state index contributed by atoms with van der Waals surface area (Å²) < 4.78 is 11.0. The van der Waals surface area contributed by atoms with Gasteiger partial charge in [-0.25, -0.2) is 9.78 Å². The van der Waals surface area contributed by atoms with Crippen LogP contribution in [-0.4, -0.2) is 37.8 Å². The summed E-state index contributed by atoms with van der Waals surface area (Å²) >= 11 is 3.40. The normalized spacial score (nSPS) is 17.3. The van der Waals surface area contributed by atoms with Crippen LogP contribution >= 0.6 is 15.9 Å². The lowest BCUT2D eigenvalue weighted by atomic mass is 9.89. The minimum Gasteiger partial charge on any atom is -0.467 e. The first kappa shape index (κ1) is 12.5. The number of rotatable bonds is 4. The number of pyridine rings is 1. The Morgan fingerprint density at radius 2 is 2.41 bits per heavy atom. The van der Waals surface area contributed by atoms with Crippen molar-refractivity contribution < 1.29 is 14.3 Å². The third kappa shape index (κ3) is 2.48. The van der Waals surface area contributed by atoms with Gasteiger partial charge in [0.05, 0.1) is 7.11 Å². The van der Waals surface area contributed by atoms with Crippen molar-refractivity contribution in [2.24, 2.45) is 0 Å². The van der Waals surface area contributed by atoms with Crippen LogP contribution in [0.4, 0.5) is 0 Å². The summed E-state index contributed by atoms with van der Waals surface area (Å²) in [4.78, 5) is 15.3. The van der Waals surface area contributed by atoms with Gasteiger partial charge in [-0.3, -0.25) is 0 Å². The molecule has 6 heteroatoms. The Hall–Kier alpha value is -0.980. The van der Waals surface area contributed by atoms with Crippen LogP contribution < -0.4 is 5.32 Å². The lowest BCUT2D eigenvalue weighted by Gasteiger charge is -2.42. The topological polar surface area (TPSA) is 60.5 Å². The van der Waals surface area contributed by atoms with Gasteiger partial charge in [0.25, 0.3) is 0 Å². The van der Waals surface area contributed by atoms with Crippen LogP contribution in [0.1, 0.15) is 5.56 Å². The van der Waals surface area contributed by atoms with Crippen molar-refractivity contribution in [3.8, 4) is 0 Å². The quantitative estimate of drug-likeness (QED) is 0.659. The zero-order chi connectivity index (χ0) is 12.3. The fourth-order valence-corrected chi connectivity index (χ4v) is 2.32. The number of nitrogens with one attached hydrogen (secondary N) is 1. The number of nitrogens with zero attached hydrogens (tertiary/aromatic N) is 1. The fourth-order valence-electron chi connectivity index (χ4n) is 1.70. The van der Waals surface area contributed by atoms with Gasteiger partial charge in [0, 0.05) is 24.8 Å². The van der Waals surface area contributed by atoms with Gasteiger partial charge in [-0.2, -0.15) is 0 Å². The van der Waals surface area contributed by atoms with E-state index in [9.17, 15) is 4.79 Å². The molecule has 1 aromatic rings. The molecular weight excluding hydrogens is 288 g/mol. The van der Waals surface area contributed by atoms with Crippen LogP contribution in [0.25, 0.3) is 0 Å². The van der Waals surface area contributed by atoms with E-state index in [1.807, 2.05) is 12.1 Å². The summed E-state index contributed by atoms with van der Waals surface area (Å²) in [6.45, 7) is 1.27. The Balaban J connectivity index is 2.15. The summed E-state index contributed by atoms with van der Waals surface area (Å²) in [7, 11) is 1.34. The third-order valence-corrected chi connectivity index (χ3v) is 3.40. The summed E-state index contributed by atoms with van der Waals surface area (Å²) in [5.74, 6) is -0.378. The average molecular weight is 301 g/mol. The Bertz CT molecular complexity index is 421. The molecule has 2 heterocycles. The first-order valence-electron chi connectivity index (χ1n) is 5.20. The maximum Gasteiger partial charge on any atom is 0.331 e. The summed E-state index contributed by atoms with van der Waals surface area (Å²) in [6, 6.07) is 3.79. The molecule has 1 fully saturated rings. The van der Waals surface area contributed by atoms with Gasteiger partial charge in [0.2, 0.25) is 0 Å². The smallest absolute Gasteiger partial charge is 0.331 e. The maximum absolute atomic E-state index is 11.1. The zero-order valence-electron chi connectivity index (χ0n) is 9.40. The van der Waals surface area contributed by atoms with Crippen molar-refractivity contribution >= 4 is 21.9 Å². The molecule has 1 N–H and O–H groups in total. The van der Waals surface area contributed by atoms with Crippen LogP contribution in [-0.2, 0) is 19.9 Å². The summed E-state index contributed by atoms with van der Waals surface area (Å²) in [6.07, 6.45) is 1.70. The van der Waals surface area contributed by atoms with E-state index in [4.69, 9.17) is 4.74 Å². The first-order valence-corrected chi connectivity index (χ1v) is 6.00. The standard InChI is InChI=1S/C11H13BrN2O3/c1-16-9(15)5-17-11(6-13-7-11)8-3-2-4-14-10(8)12/h2-4,13H,5-7H2,1H3. The highest BCUT2D eigenvalue weighted by Gasteiger charge is 2.42. The molecule has 0 aromatic carbocycles. The number of methoxy groups -OCH3 is 1. The van der Waals surface area contributed by atoms with Gasteiger partial charge >= 0.3 is 5.97 Å². The number of ether oxygens (including phenoxy) is 2. The highest BCUT2D eigenvalue weighted by atomic mass is 79.9. The van der Waals surface area contributed by atoms with E-state index in [2.05, 4.69) is 31.0 Å². The van der Waals surface area contributed by atoms with Crippen LogP contribution in [0, 0.1) is 0 Å². The molecule has 0 radical (unpaired) electrons. The molecule has 5 nitrogen and oxygen atoms in total. The number of halogens is 1. The number of aromatic nitrogens is 1. The molecule has 0 atom stereocenters. The van der Waals surface area contributed by atoms with Crippen LogP contribution in [0.5, 0.6) is 0 Å². The largest absolute Gasteiger partial charge is 0.467 e. The number of hydrogen-bond donors (Lipinski definition) is 1. The summed E-state index contributed by atoms with van der Waals surface area (Å²) in [5.41, 5.74) is 0.462. The van der Waals surface area contributed by atoms with Crippen molar-refractivity contribution in [3.05, 3.63) is 28.5 Å². The number of hydrogen-bond acceptors (Lipinski definition) is 5. The van der Waals surface area contributed by atoms with E-state index in [1.54, 1.807) is 6.20 Å². The monoisotopic (exact) mass is 300 g/mol. The van der Waals surface area contributed by atoms with Crippen LogP contribution in [0.2, 0.25) is 0 Å². The predicted molar refractivity (Wildman–Crippen MR) is 64.5 cm³/mol. The Morgan fingerprint density at radius 1 is 1.65 bits per heavy atom. The average Bonchev–Trinajstić information content (AvgIpc) is 2.29. The van der Waals surface area contributed by atoms with Crippen molar-refractivity contribution in [1.29, 1.82) is 0 Å². The van der Waals surface area contributed by atoms with Gasteiger partial charge in [-0.15, -0.1) is 0 Å². The van der Waals surface area contributed by atoms with E-state index < -0.39 is 5.60 Å². The first-order chi connectivity index (χ1) is 8.18. The van der Waals surface area contributed by atoms with Crippen molar-refractivity contribution in [2.45, 2.75) is 5.60 Å². The molecule has 0 aliphatic carbocycles. The summed E-state index contributed by atoms with van der Waals surface area (Å²) in [5, 5.41) is 3.14. The molecule has 1 aliphatic rings. The molecule has 1 aromatic heterocycles. The lowest BCUT2D eigenvalue weighted by molar-refractivity contribution is -0.158. The number of carbonyl (C=O) groups is 1. The molecule has 17 heavy (non-hydrogen) atoms. The second-order valence-corrected chi connectivity index (χ2v) is 4.56. The molecular formula is C11H13BrN2O3. The predicted octanol–water partition coefficient (Wildman–Crippen LogP) is 0.832. The molecule has 0 spiro atoms. The molecule has 1 aliphatic heterocycles. The number of esters is 1. The Kier molecular flexibility index (Phi) is 3.76. The van der Waals surface area contributed by atoms with E-state index in [0.717, 1.165) is 10.2 Å². The highest BCUT2D eigenvalue weighted by molar-refractivity contribution is 9.10. The molecule has 0 unspecified atom stereocenters. The molecule has 0 saturated carbocycles. The molecule has 2 rings (SSSR count). The zero-order valence-corrected chi connectivity index (χ0v) is 11.0. The van der Waals surface area contributed by atoms with E-state index >= 15 is 0 Å². The molecule has 0 bridgehead atoms. The van der Waals surface area contributed by atoms with Gasteiger partial charge in [-0.05, 0) is 22.0 Å². The minimum absolute atomic E-state index is 0.0560. The van der Waals surface area contributed by atoms with Gasteiger partial charge in [0.1, 0.15) is 16.8 Å². The van der Waals surface area contributed by atoms with E-state index in [0.29, 0.717) is 13.1 Å². The Morgan fingerprint density at radius 3 is 2.94 bits per heavy atom. The number of carbonyl (C=O) groups excluding carboxylic acids is 1. The SMILES string of the molecule is COC(=O)COC1(c2cccnc2Br)CNC1. The molecule has 92 valence electrons. The van der Waals surface area contributed by atoms with Gasteiger partial charge < -0.3 is 14.8 Å². The second-order valence-electron chi connectivity index (χ2n) is 3.80. The minimum atomic E-state index is -0.485. The highest BCUT2D eigenvalue weighted by Crippen LogP contribution is 2.33. The third-order valence-electron chi connectivity index (χ3n) is 2.77. The van der Waals surface area contributed by atoms with Crippen molar-refractivity contribution in [3.63, 3.8) is 0 Å².